The summed E-state index contributed by atoms with van der Waals surface area (Å²) in [6.07, 6.45) is 9.66. The van der Waals surface area contributed by atoms with E-state index in [2.05, 4.69) is 74.1 Å². The molecule has 3 nitrogen and oxygen atoms in total. The third kappa shape index (κ3) is 6.58. The topological polar surface area (TPSA) is 29.9 Å². The minimum absolute atomic E-state index is 0.211. The molecule has 1 aromatic rings. The molecule has 0 aliphatic carbocycles. The molecule has 0 aromatic carbocycles. The first-order valence-corrected chi connectivity index (χ1v) is 7.36. The molecule has 0 radical (unpaired) electrons. The van der Waals surface area contributed by atoms with Crippen molar-refractivity contribution in [2.45, 2.75) is 65.5 Å². The number of rotatable bonds is 7. The lowest BCUT2D eigenvalue weighted by atomic mass is 10.1. The number of allylic oxidation sites excluding steroid dienone is 1. The monoisotopic (exact) mass is 263 g/mol. The lowest BCUT2D eigenvalue weighted by Crippen LogP contribution is -2.36. The maximum absolute atomic E-state index is 4.59. The van der Waals surface area contributed by atoms with Crippen LogP contribution in [0.25, 0.3) is 0 Å². The van der Waals surface area contributed by atoms with Crippen molar-refractivity contribution in [1.82, 2.24) is 15.1 Å². The Labute approximate surface area is 118 Å². The third-order valence-electron chi connectivity index (χ3n) is 3.17. The molecule has 19 heavy (non-hydrogen) atoms. The van der Waals surface area contributed by atoms with E-state index in [1.54, 1.807) is 0 Å². The Kier molecular flexibility index (Phi) is 6.29. The van der Waals surface area contributed by atoms with Crippen LogP contribution in [0.5, 0.6) is 0 Å². The van der Waals surface area contributed by atoms with Crippen molar-refractivity contribution in [3.8, 4) is 0 Å². The van der Waals surface area contributed by atoms with Crippen molar-refractivity contribution >= 4 is 0 Å². The highest BCUT2D eigenvalue weighted by molar-refractivity contribution is 5.05. The lowest BCUT2D eigenvalue weighted by Gasteiger charge is -2.19. The van der Waals surface area contributed by atoms with Gasteiger partial charge in [-0.1, -0.05) is 19.1 Å². The van der Waals surface area contributed by atoms with E-state index in [9.17, 15) is 0 Å². The van der Waals surface area contributed by atoms with E-state index in [1.165, 1.54) is 0 Å². The number of nitrogens with zero attached hydrogens (tertiary/aromatic N) is 2. The summed E-state index contributed by atoms with van der Waals surface area (Å²) in [7, 11) is 0. The molecule has 0 spiro atoms. The molecule has 0 saturated carbocycles. The van der Waals surface area contributed by atoms with E-state index in [0.717, 1.165) is 31.5 Å². The molecular weight excluding hydrogens is 234 g/mol. The maximum Gasteiger partial charge on any atom is 0.0662 e. The second kappa shape index (κ2) is 7.49. The van der Waals surface area contributed by atoms with Gasteiger partial charge in [0.25, 0.3) is 0 Å². The summed E-state index contributed by atoms with van der Waals surface area (Å²) < 4.78 is 2.06. The summed E-state index contributed by atoms with van der Waals surface area (Å²) in [6.45, 7) is 12.0. The van der Waals surface area contributed by atoms with Gasteiger partial charge in [-0.3, -0.25) is 4.68 Å². The van der Waals surface area contributed by atoms with Gasteiger partial charge in [-0.2, -0.15) is 5.10 Å². The second-order valence-corrected chi connectivity index (χ2v) is 6.19. The van der Waals surface area contributed by atoms with Crippen LogP contribution in [0.1, 0.15) is 59.2 Å². The summed E-state index contributed by atoms with van der Waals surface area (Å²) in [6, 6.07) is 2.61. The van der Waals surface area contributed by atoms with Crippen LogP contribution in [0.15, 0.2) is 24.4 Å². The van der Waals surface area contributed by atoms with Gasteiger partial charge < -0.3 is 5.32 Å². The second-order valence-electron chi connectivity index (χ2n) is 6.19. The van der Waals surface area contributed by atoms with Crippen molar-refractivity contribution in [1.29, 1.82) is 0 Å². The van der Waals surface area contributed by atoms with E-state index >= 15 is 0 Å². The van der Waals surface area contributed by atoms with Crippen molar-refractivity contribution in [3.05, 3.63) is 30.1 Å². The standard InChI is InChI=1S/C16H29N3/c1-6-14(2)19-13-11-15(18-19)10-8-7-9-12-17-16(3,4)5/h7-8,11,13-14,17H,6,9-10,12H2,1-5H3. The minimum Gasteiger partial charge on any atom is -0.312 e. The maximum atomic E-state index is 4.59. The zero-order chi connectivity index (χ0) is 14.3. The van der Waals surface area contributed by atoms with Gasteiger partial charge in [0.1, 0.15) is 0 Å². The Hall–Kier alpha value is -1.09. The summed E-state index contributed by atoms with van der Waals surface area (Å²) in [5.74, 6) is 0. The number of aromatic nitrogens is 2. The fourth-order valence-corrected chi connectivity index (χ4v) is 1.77. The molecule has 1 unspecified atom stereocenters. The number of nitrogens with one attached hydrogen (secondary N) is 1. The van der Waals surface area contributed by atoms with Gasteiger partial charge in [0.05, 0.1) is 5.69 Å². The number of hydrogen-bond acceptors (Lipinski definition) is 2. The largest absolute Gasteiger partial charge is 0.312 e. The van der Waals surface area contributed by atoms with Crippen LogP contribution in [0.3, 0.4) is 0 Å². The zero-order valence-corrected chi connectivity index (χ0v) is 13.1. The molecule has 0 amide bonds. The van der Waals surface area contributed by atoms with Crippen molar-refractivity contribution in [2.75, 3.05) is 6.54 Å². The van der Waals surface area contributed by atoms with Crippen molar-refractivity contribution in [2.24, 2.45) is 0 Å². The molecule has 0 aliphatic rings. The van der Waals surface area contributed by atoms with Gasteiger partial charge in [0.2, 0.25) is 0 Å². The molecule has 108 valence electrons. The molecular formula is C16H29N3. The summed E-state index contributed by atoms with van der Waals surface area (Å²) >= 11 is 0. The molecule has 0 fully saturated rings. The van der Waals surface area contributed by atoms with Gasteiger partial charge in [-0.25, -0.2) is 0 Å². The van der Waals surface area contributed by atoms with Gasteiger partial charge >= 0.3 is 0 Å². The molecule has 1 N–H and O–H groups in total. The Balaban J connectivity index is 2.27. The molecule has 1 atom stereocenters. The Morgan fingerprint density at radius 2 is 2.11 bits per heavy atom. The summed E-state index contributed by atoms with van der Waals surface area (Å²) in [5, 5.41) is 8.06. The fraction of sp³-hybridized carbons (Fsp3) is 0.688. The molecule has 3 heteroatoms. The third-order valence-corrected chi connectivity index (χ3v) is 3.17. The molecule has 1 aromatic heterocycles. The SMILES string of the molecule is CCC(C)n1ccc(CC=CCCNC(C)(C)C)n1. The smallest absolute Gasteiger partial charge is 0.0662 e. The van der Waals surface area contributed by atoms with E-state index in [0.29, 0.717) is 6.04 Å². The molecule has 0 bridgehead atoms. The molecule has 1 heterocycles. The van der Waals surface area contributed by atoms with Crippen molar-refractivity contribution < 1.29 is 0 Å². The van der Waals surface area contributed by atoms with Crippen LogP contribution < -0.4 is 5.32 Å². The molecule has 0 saturated heterocycles. The van der Waals surface area contributed by atoms with Crippen LogP contribution in [0.4, 0.5) is 0 Å². The van der Waals surface area contributed by atoms with E-state index in [-0.39, 0.29) is 5.54 Å². The highest BCUT2D eigenvalue weighted by Crippen LogP contribution is 2.09. The summed E-state index contributed by atoms with van der Waals surface area (Å²) in [4.78, 5) is 0. The van der Waals surface area contributed by atoms with E-state index in [4.69, 9.17) is 0 Å². The van der Waals surface area contributed by atoms with Crippen LogP contribution in [0.2, 0.25) is 0 Å². The molecule has 1 rings (SSSR count). The summed E-state index contributed by atoms with van der Waals surface area (Å²) in [5.41, 5.74) is 1.36. The Morgan fingerprint density at radius 1 is 1.37 bits per heavy atom. The van der Waals surface area contributed by atoms with Crippen LogP contribution in [-0.4, -0.2) is 21.9 Å². The van der Waals surface area contributed by atoms with Crippen molar-refractivity contribution in [3.63, 3.8) is 0 Å². The normalized spacial score (nSPS) is 14.2. The van der Waals surface area contributed by atoms with Gasteiger partial charge in [-0.05, 0) is 53.1 Å². The first kappa shape index (κ1) is 16.0. The molecule has 0 aliphatic heterocycles. The predicted molar refractivity (Wildman–Crippen MR) is 82.4 cm³/mol. The van der Waals surface area contributed by atoms with E-state index in [1.807, 2.05) is 0 Å². The zero-order valence-electron chi connectivity index (χ0n) is 13.1. The van der Waals surface area contributed by atoms with Gasteiger partial charge in [0, 0.05) is 24.2 Å². The lowest BCUT2D eigenvalue weighted by molar-refractivity contribution is 0.431. The average Bonchev–Trinajstić information content (AvgIpc) is 2.80. The highest BCUT2D eigenvalue weighted by atomic mass is 15.3. The van der Waals surface area contributed by atoms with Gasteiger partial charge in [-0.15, -0.1) is 0 Å². The first-order valence-electron chi connectivity index (χ1n) is 7.36. The van der Waals surface area contributed by atoms with Crippen LogP contribution >= 0.6 is 0 Å². The van der Waals surface area contributed by atoms with Crippen LogP contribution in [-0.2, 0) is 6.42 Å². The highest BCUT2D eigenvalue weighted by Gasteiger charge is 2.06. The van der Waals surface area contributed by atoms with Gasteiger partial charge in [0.15, 0.2) is 0 Å². The first-order chi connectivity index (χ1) is 8.92. The quantitative estimate of drug-likeness (QED) is 0.600. The Morgan fingerprint density at radius 3 is 2.74 bits per heavy atom. The van der Waals surface area contributed by atoms with E-state index < -0.39 is 0 Å². The predicted octanol–water partition coefficient (Wildman–Crippen LogP) is 3.73. The Bertz CT molecular complexity index is 385. The number of hydrogen-bond donors (Lipinski definition) is 1. The fourth-order valence-electron chi connectivity index (χ4n) is 1.77. The average molecular weight is 263 g/mol. The van der Waals surface area contributed by atoms with Crippen LogP contribution in [0, 0.1) is 0 Å². The minimum atomic E-state index is 0.211.